The lowest BCUT2D eigenvalue weighted by Crippen LogP contribution is -2.11. The van der Waals surface area contributed by atoms with Crippen LogP contribution in [-0.4, -0.2) is 4.98 Å². The Morgan fingerprint density at radius 2 is 1.95 bits per heavy atom. The Bertz CT molecular complexity index is 654. The van der Waals surface area contributed by atoms with Crippen LogP contribution in [0.2, 0.25) is 5.02 Å². The molecule has 1 heterocycles. The predicted octanol–water partition coefficient (Wildman–Crippen LogP) is 5.49. The van der Waals surface area contributed by atoms with Gasteiger partial charge in [-0.05, 0) is 53.5 Å². The fourth-order valence-corrected chi connectivity index (χ4v) is 2.65. The first kappa shape index (κ1) is 15.4. The Morgan fingerprint density at radius 1 is 1.18 bits per heavy atom. The van der Waals surface area contributed by atoms with E-state index in [9.17, 15) is 0 Å². The lowest BCUT2D eigenvalue weighted by molar-refractivity contribution is 0.301. The molecule has 0 unspecified atom stereocenters. The minimum Gasteiger partial charge on any atom is -0.486 e. The van der Waals surface area contributed by atoms with Crippen molar-refractivity contribution in [2.75, 3.05) is 0 Å². The van der Waals surface area contributed by atoms with Crippen molar-refractivity contribution in [1.82, 2.24) is 4.98 Å². The van der Waals surface area contributed by atoms with Crippen molar-refractivity contribution in [1.29, 1.82) is 0 Å². The molecule has 116 valence electrons. The van der Waals surface area contributed by atoms with Gasteiger partial charge < -0.3 is 4.74 Å². The van der Waals surface area contributed by atoms with Crippen molar-refractivity contribution in [3.05, 3.63) is 58.4 Å². The largest absolute Gasteiger partial charge is 0.486 e. The van der Waals surface area contributed by atoms with Crippen molar-refractivity contribution in [2.24, 2.45) is 0 Å². The second kappa shape index (κ2) is 5.92. The summed E-state index contributed by atoms with van der Waals surface area (Å²) in [5.74, 6) is 1.45. The average Bonchev–Trinajstić information content (AvgIpc) is 3.30. The Balaban J connectivity index is 1.65. The molecule has 0 amide bonds. The molecule has 3 heteroatoms. The molecule has 1 aromatic carbocycles. The van der Waals surface area contributed by atoms with E-state index in [1.54, 1.807) is 0 Å². The minimum absolute atomic E-state index is 0.0857. The van der Waals surface area contributed by atoms with Gasteiger partial charge in [0.15, 0.2) is 0 Å². The Morgan fingerprint density at radius 3 is 2.50 bits per heavy atom. The molecular formula is C19H22ClNO. The summed E-state index contributed by atoms with van der Waals surface area (Å²) in [5.41, 5.74) is 3.57. The van der Waals surface area contributed by atoms with Crippen LogP contribution in [0.5, 0.6) is 5.75 Å². The first-order valence-electron chi connectivity index (χ1n) is 7.81. The first-order valence-corrected chi connectivity index (χ1v) is 8.19. The number of pyridine rings is 1. The van der Waals surface area contributed by atoms with E-state index in [4.69, 9.17) is 16.3 Å². The second-order valence-corrected chi connectivity index (χ2v) is 7.45. The van der Waals surface area contributed by atoms with Crippen molar-refractivity contribution < 1.29 is 4.74 Å². The van der Waals surface area contributed by atoms with Gasteiger partial charge in [0, 0.05) is 6.20 Å². The summed E-state index contributed by atoms with van der Waals surface area (Å²) in [5, 5.41) is 0.655. The zero-order valence-corrected chi connectivity index (χ0v) is 14.2. The first-order chi connectivity index (χ1) is 10.4. The molecule has 1 aliphatic rings. The quantitative estimate of drug-likeness (QED) is 0.744. The summed E-state index contributed by atoms with van der Waals surface area (Å²) in [6, 6.07) is 10.2. The molecule has 2 nitrogen and oxygen atoms in total. The number of ether oxygens (including phenoxy) is 1. The number of benzene rings is 1. The van der Waals surface area contributed by atoms with Gasteiger partial charge in [-0.3, -0.25) is 4.98 Å². The number of hydrogen-bond donors (Lipinski definition) is 0. The minimum atomic E-state index is 0.0857. The fourth-order valence-electron chi connectivity index (χ4n) is 2.42. The third kappa shape index (κ3) is 3.61. The highest BCUT2D eigenvalue weighted by Gasteiger charge is 2.23. The van der Waals surface area contributed by atoms with Gasteiger partial charge in [-0.1, -0.05) is 44.5 Å². The van der Waals surface area contributed by atoms with Gasteiger partial charge in [-0.15, -0.1) is 0 Å². The topological polar surface area (TPSA) is 22.1 Å². The van der Waals surface area contributed by atoms with Crippen molar-refractivity contribution in [2.45, 2.75) is 51.6 Å². The van der Waals surface area contributed by atoms with Gasteiger partial charge in [0.2, 0.25) is 0 Å². The van der Waals surface area contributed by atoms with E-state index in [0.717, 1.165) is 11.6 Å². The fraction of sp³-hybridized carbons (Fsp3) is 0.421. The van der Waals surface area contributed by atoms with Crippen LogP contribution in [0.15, 0.2) is 36.5 Å². The van der Waals surface area contributed by atoms with E-state index in [-0.39, 0.29) is 5.41 Å². The summed E-state index contributed by atoms with van der Waals surface area (Å²) >= 11 is 6.33. The number of rotatable bonds is 4. The molecule has 1 saturated carbocycles. The summed E-state index contributed by atoms with van der Waals surface area (Å²) in [6.45, 7) is 6.96. The number of nitrogens with zero attached hydrogens (tertiary/aromatic N) is 1. The maximum atomic E-state index is 6.33. The number of aromatic nitrogens is 1. The van der Waals surface area contributed by atoms with Crippen LogP contribution in [0.4, 0.5) is 0 Å². The van der Waals surface area contributed by atoms with Crippen LogP contribution in [0, 0.1) is 0 Å². The molecule has 0 N–H and O–H groups in total. The summed E-state index contributed by atoms with van der Waals surface area (Å²) in [6.07, 6.45) is 4.57. The molecule has 2 aromatic rings. The molecule has 0 atom stereocenters. The molecule has 0 aliphatic heterocycles. The zero-order chi connectivity index (χ0) is 15.7. The van der Waals surface area contributed by atoms with Crippen molar-refractivity contribution in [3.8, 4) is 5.75 Å². The van der Waals surface area contributed by atoms with Gasteiger partial charge in [0.05, 0.1) is 10.7 Å². The van der Waals surface area contributed by atoms with Crippen LogP contribution in [-0.2, 0) is 12.0 Å². The molecule has 0 saturated heterocycles. The molecule has 1 aromatic heterocycles. The highest BCUT2D eigenvalue weighted by Crippen LogP contribution is 2.39. The van der Waals surface area contributed by atoms with E-state index < -0.39 is 0 Å². The second-order valence-electron chi connectivity index (χ2n) is 7.04. The SMILES string of the molecule is CC(C)(C)c1ccc(OCc2ccc(C3CC3)cn2)c(Cl)c1. The molecular weight excluding hydrogens is 294 g/mol. The Hall–Kier alpha value is -1.54. The summed E-state index contributed by atoms with van der Waals surface area (Å²) in [7, 11) is 0. The van der Waals surface area contributed by atoms with E-state index >= 15 is 0 Å². The van der Waals surface area contributed by atoms with Crippen molar-refractivity contribution in [3.63, 3.8) is 0 Å². The molecule has 0 spiro atoms. The molecule has 3 rings (SSSR count). The van der Waals surface area contributed by atoms with Gasteiger partial charge in [-0.25, -0.2) is 0 Å². The Kier molecular flexibility index (Phi) is 4.14. The smallest absolute Gasteiger partial charge is 0.138 e. The molecule has 22 heavy (non-hydrogen) atoms. The zero-order valence-electron chi connectivity index (χ0n) is 13.4. The van der Waals surface area contributed by atoms with Gasteiger partial charge in [0.25, 0.3) is 0 Å². The third-order valence-corrected chi connectivity index (χ3v) is 4.37. The highest BCUT2D eigenvalue weighted by molar-refractivity contribution is 6.32. The third-order valence-electron chi connectivity index (χ3n) is 4.07. The molecule has 0 radical (unpaired) electrons. The van der Waals surface area contributed by atoms with E-state index in [2.05, 4.69) is 37.9 Å². The van der Waals surface area contributed by atoms with Crippen LogP contribution in [0.1, 0.15) is 56.4 Å². The molecule has 0 bridgehead atoms. The van der Waals surface area contributed by atoms with Crippen LogP contribution >= 0.6 is 11.6 Å². The standard InChI is InChI=1S/C19H22ClNO/c1-19(2,3)15-7-9-18(17(20)10-15)22-12-16-8-6-14(11-21-16)13-4-5-13/h6-11,13H,4-5,12H2,1-3H3. The highest BCUT2D eigenvalue weighted by atomic mass is 35.5. The van der Waals surface area contributed by atoms with Crippen LogP contribution < -0.4 is 4.74 Å². The lowest BCUT2D eigenvalue weighted by atomic mass is 9.87. The van der Waals surface area contributed by atoms with Crippen LogP contribution in [0.25, 0.3) is 0 Å². The predicted molar refractivity (Wildman–Crippen MR) is 90.7 cm³/mol. The lowest BCUT2D eigenvalue weighted by Gasteiger charge is -2.20. The molecule has 1 aliphatic carbocycles. The van der Waals surface area contributed by atoms with Crippen LogP contribution in [0.3, 0.4) is 0 Å². The van der Waals surface area contributed by atoms with E-state index in [1.165, 1.54) is 24.0 Å². The summed E-state index contributed by atoms with van der Waals surface area (Å²) in [4.78, 5) is 4.47. The van der Waals surface area contributed by atoms with Crippen molar-refractivity contribution >= 4 is 11.6 Å². The summed E-state index contributed by atoms with van der Waals surface area (Å²) < 4.78 is 5.81. The van der Waals surface area contributed by atoms with Gasteiger partial charge in [-0.2, -0.15) is 0 Å². The number of hydrogen-bond acceptors (Lipinski definition) is 2. The molecule has 1 fully saturated rings. The number of halogens is 1. The Labute approximate surface area is 137 Å². The maximum absolute atomic E-state index is 6.33. The average molecular weight is 316 g/mol. The van der Waals surface area contributed by atoms with Gasteiger partial charge >= 0.3 is 0 Å². The maximum Gasteiger partial charge on any atom is 0.138 e. The van der Waals surface area contributed by atoms with E-state index in [0.29, 0.717) is 17.4 Å². The van der Waals surface area contributed by atoms with E-state index in [1.807, 2.05) is 24.4 Å². The monoisotopic (exact) mass is 315 g/mol. The normalized spacial score (nSPS) is 14.9. The van der Waals surface area contributed by atoms with Gasteiger partial charge in [0.1, 0.15) is 12.4 Å².